The summed E-state index contributed by atoms with van der Waals surface area (Å²) in [6.45, 7) is 4.00. The molecular formula is C15H21NO4. The number of fused-ring (bicyclic) bond motifs is 1. The summed E-state index contributed by atoms with van der Waals surface area (Å²) < 4.78 is 10.3. The van der Waals surface area contributed by atoms with Crippen molar-refractivity contribution < 1.29 is 19.1 Å². The van der Waals surface area contributed by atoms with E-state index < -0.39 is 0 Å². The second-order valence-corrected chi connectivity index (χ2v) is 4.14. The normalized spacial score (nSPS) is 15.8. The number of aryl methyl sites for hydroxylation is 1. The van der Waals surface area contributed by atoms with E-state index in [0.29, 0.717) is 6.41 Å². The molecule has 0 saturated carbocycles. The number of hydrogen-bond acceptors (Lipinski definition) is 4. The van der Waals surface area contributed by atoms with Gasteiger partial charge in [-0.05, 0) is 36.6 Å². The van der Waals surface area contributed by atoms with Crippen molar-refractivity contribution in [2.24, 2.45) is 0 Å². The van der Waals surface area contributed by atoms with E-state index in [0.717, 1.165) is 29.8 Å². The Kier molecular flexibility index (Phi) is 6.56. The number of carbonyl (C=O) groups excluding carboxylic acids is 2. The molecule has 20 heavy (non-hydrogen) atoms. The van der Waals surface area contributed by atoms with Crippen molar-refractivity contribution in [3.8, 4) is 5.75 Å². The van der Waals surface area contributed by atoms with Gasteiger partial charge in [-0.25, -0.2) is 0 Å². The summed E-state index contributed by atoms with van der Waals surface area (Å²) in [5.41, 5.74) is 1.79. The molecule has 2 rings (SSSR count). The van der Waals surface area contributed by atoms with Crippen LogP contribution in [0.1, 0.15) is 32.3 Å². The van der Waals surface area contributed by atoms with Crippen LogP contribution in [0.3, 0.4) is 0 Å². The van der Waals surface area contributed by atoms with Crippen LogP contribution in [0.2, 0.25) is 0 Å². The number of methoxy groups -OCH3 is 1. The lowest BCUT2D eigenvalue weighted by atomic mass is 10.00. The maximum absolute atomic E-state index is 11.2. The first-order valence-electron chi connectivity index (χ1n) is 6.79. The summed E-state index contributed by atoms with van der Waals surface area (Å²) in [6, 6.07) is 5.47. The highest BCUT2D eigenvalue weighted by Gasteiger charge is 2.22. The number of carbonyl (C=O) groups is 2. The largest absolute Gasteiger partial charge is 0.490 e. The van der Waals surface area contributed by atoms with Crippen molar-refractivity contribution in [2.45, 2.75) is 39.2 Å². The molecule has 0 bridgehead atoms. The Hall–Kier alpha value is -2.04. The second-order valence-electron chi connectivity index (χ2n) is 4.14. The average molecular weight is 279 g/mol. The maximum atomic E-state index is 11.2. The van der Waals surface area contributed by atoms with E-state index >= 15 is 0 Å². The van der Waals surface area contributed by atoms with E-state index in [1.165, 1.54) is 7.11 Å². The van der Waals surface area contributed by atoms with Gasteiger partial charge in [0.05, 0.1) is 13.5 Å². The van der Waals surface area contributed by atoms with Crippen molar-refractivity contribution in [1.29, 1.82) is 0 Å². The predicted molar refractivity (Wildman–Crippen MR) is 76.8 cm³/mol. The van der Waals surface area contributed by atoms with Crippen molar-refractivity contribution >= 4 is 18.1 Å². The molecule has 0 radical (unpaired) electrons. The first kappa shape index (κ1) is 16.0. The zero-order valence-electron chi connectivity index (χ0n) is 12.1. The van der Waals surface area contributed by atoms with Crippen LogP contribution in [-0.2, 0) is 20.7 Å². The number of rotatable bonds is 4. The van der Waals surface area contributed by atoms with E-state index in [-0.39, 0.29) is 18.5 Å². The number of anilines is 1. The molecule has 0 aromatic heterocycles. The van der Waals surface area contributed by atoms with E-state index in [4.69, 9.17) is 4.74 Å². The van der Waals surface area contributed by atoms with Gasteiger partial charge in [0.25, 0.3) is 0 Å². The summed E-state index contributed by atoms with van der Waals surface area (Å²) in [5.74, 6) is 0.509. The minimum atomic E-state index is -0.261. The molecule has 1 atom stereocenters. The topological polar surface area (TPSA) is 64.6 Å². The van der Waals surface area contributed by atoms with Gasteiger partial charge in [0.2, 0.25) is 6.41 Å². The van der Waals surface area contributed by atoms with Crippen molar-refractivity contribution in [3.63, 3.8) is 0 Å². The number of nitrogens with one attached hydrogen (secondary N) is 1. The van der Waals surface area contributed by atoms with Crippen molar-refractivity contribution in [2.75, 3.05) is 12.4 Å². The molecular weight excluding hydrogens is 258 g/mol. The molecule has 5 nitrogen and oxygen atoms in total. The van der Waals surface area contributed by atoms with E-state index in [1.54, 1.807) is 6.07 Å². The molecule has 1 aromatic carbocycles. The first-order valence-corrected chi connectivity index (χ1v) is 6.79. The van der Waals surface area contributed by atoms with Gasteiger partial charge in [0, 0.05) is 5.69 Å². The molecule has 1 unspecified atom stereocenters. The van der Waals surface area contributed by atoms with Crippen LogP contribution in [0.25, 0.3) is 0 Å². The fraction of sp³-hybridized carbons (Fsp3) is 0.467. The van der Waals surface area contributed by atoms with Crippen LogP contribution in [0.5, 0.6) is 5.75 Å². The third kappa shape index (κ3) is 4.26. The van der Waals surface area contributed by atoms with Crippen LogP contribution in [0.15, 0.2) is 18.2 Å². The molecule has 0 spiro atoms. The number of esters is 1. The van der Waals surface area contributed by atoms with Crippen LogP contribution < -0.4 is 10.1 Å². The molecule has 1 aromatic rings. The van der Waals surface area contributed by atoms with E-state index in [2.05, 4.69) is 10.1 Å². The molecule has 1 aliphatic heterocycles. The van der Waals surface area contributed by atoms with Gasteiger partial charge in [-0.15, -0.1) is 0 Å². The van der Waals surface area contributed by atoms with Gasteiger partial charge in [0.15, 0.2) is 0 Å². The van der Waals surface area contributed by atoms with Crippen molar-refractivity contribution in [3.05, 3.63) is 23.8 Å². The standard InChI is InChI=1S/C13H15NO4.C2H6/c1-17-13(16)7-11-4-2-9-6-10(14-8-15)3-5-12(9)18-11;1-2/h3,5-6,8,11H,2,4,7H2,1H3,(H,14,15);1-2H3. The van der Waals surface area contributed by atoms with Gasteiger partial charge in [-0.3, -0.25) is 9.59 Å². The van der Waals surface area contributed by atoms with E-state index in [9.17, 15) is 9.59 Å². The summed E-state index contributed by atoms with van der Waals surface area (Å²) in [4.78, 5) is 21.5. The predicted octanol–water partition coefficient (Wildman–Crippen LogP) is 2.54. The minimum Gasteiger partial charge on any atom is -0.490 e. The zero-order chi connectivity index (χ0) is 15.0. The number of amides is 1. The number of ether oxygens (including phenoxy) is 2. The monoisotopic (exact) mass is 279 g/mol. The smallest absolute Gasteiger partial charge is 0.309 e. The van der Waals surface area contributed by atoms with Crippen molar-refractivity contribution in [1.82, 2.24) is 0 Å². The van der Waals surface area contributed by atoms with Gasteiger partial charge in [0.1, 0.15) is 11.9 Å². The van der Waals surface area contributed by atoms with Gasteiger partial charge in [-0.2, -0.15) is 0 Å². The lowest BCUT2D eigenvalue weighted by Gasteiger charge is -2.25. The fourth-order valence-electron chi connectivity index (χ4n) is 2.02. The van der Waals surface area contributed by atoms with Crippen LogP contribution in [-0.4, -0.2) is 25.6 Å². The van der Waals surface area contributed by atoms with Gasteiger partial charge in [-0.1, -0.05) is 13.8 Å². The second kappa shape index (κ2) is 8.19. The number of hydrogen-bond donors (Lipinski definition) is 1. The maximum Gasteiger partial charge on any atom is 0.309 e. The summed E-state index contributed by atoms with van der Waals surface area (Å²) in [7, 11) is 1.37. The van der Waals surface area contributed by atoms with Gasteiger partial charge >= 0.3 is 5.97 Å². The Morgan fingerprint density at radius 2 is 2.25 bits per heavy atom. The zero-order valence-corrected chi connectivity index (χ0v) is 12.1. The van der Waals surface area contributed by atoms with Crippen LogP contribution in [0.4, 0.5) is 5.69 Å². The molecule has 110 valence electrons. The Morgan fingerprint density at radius 3 is 2.90 bits per heavy atom. The molecule has 1 amide bonds. The Balaban J connectivity index is 0.000000956. The molecule has 1 N–H and O–H groups in total. The summed E-state index contributed by atoms with van der Waals surface area (Å²) in [5, 5.41) is 2.60. The minimum absolute atomic E-state index is 0.130. The fourth-order valence-corrected chi connectivity index (χ4v) is 2.02. The van der Waals surface area contributed by atoms with Crippen LogP contribution in [0, 0.1) is 0 Å². The molecule has 0 fully saturated rings. The Bertz CT molecular complexity index is 459. The quantitative estimate of drug-likeness (QED) is 0.679. The SMILES string of the molecule is CC.COC(=O)CC1CCc2cc(NC=O)ccc2O1. The Morgan fingerprint density at radius 1 is 1.50 bits per heavy atom. The third-order valence-corrected chi connectivity index (χ3v) is 2.94. The number of benzene rings is 1. The molecule has 0 aliphatic carbocycles. The van der Waals surface area contributed by atoms with E-state index in [1.807, 2.05) is 26.0 Å². The molecule has 1 heterocycles. The lowest BCUT2D eigenvalue weighted by Crippen LogP contribution is -2.26. The Labute approximate surface area is 119 Å². The van der Waals surface area contributed by atoms with Crippen LogP contribution >= 0.6 is 0 Å². The molecule has 5 heteroatoms. The first-order chi connectivity index (χ1) is 9.72. The molecule has 0 saturated heterocycles. The lowest BCUT2D eigenvalue weighted by molar-refractivity contribution is -0.142. The highest BCUT2D eigenvalue weighted by molar-refractivity contribution is 5.72. The highest BCUT2D eigenvalue weighted by atomic mass is 16.5. The molecule has 1 aliphatic rings. The summed E-state index contributed by atoms with van der Waals surface area (Å²) in [6.07, 6.45) is 2.38. The van der Waals surface area contributed by atoms with Gasteiger partial charge < -0.3 is 14.8 Å². The average Bonchev–Trinajstić information content (AvgIpc) is 2.49. The third-order valence-electron chi connectivity index (χ3n) is 2.94. The highest BCUT2D eigenvalue weighted by Crippen LogP contribution is 2.30. The summed E-state index contributed by atoms with van der Waals surface area (Å²) >= 11 is 0.